The molecule has 58 valence electrons. The summed E-state index contributed by atoms with van der Waals surface area (Å²) < 4.78 is 0. The third kappa shape index (κ3) is 0.889. The molecule has 2 saturated carbocycles. The summed E-state index contributed by atoms with van der Waals surface area (Å²) >= 11 is 0. The fourth-order valence-electron chi connectivity index (χ4n) is 3.10. The average molecular weight is 138 g/mol. The second-order valence-corrected chi connectivity index (χ2v) is 4.92. The number of fused-ring (bicyclic) bond motifs is 2. The molecule has 2 unspecified atom stereocenters. The van der Waals surface area contributed by atoms with Crippen LogP contribution in [0.25, 0.3) is 0 Å². The number of hydrogen-bond acceptors (Lipinski definition) is 0. The second-order valence-electron chi connectivity index (χ2n) is 4.92. The lowest BCUT2D eigenvalue weighted by Crippen LogP contribution is -2.16. The van der Waals surface area contributed by atoms with Crippen LogP contribution >= 0.6 is 0 Å². The molecule has 0 radical (unpaired) electrons. The van der Waals surface area contributed by atoms with E-state index in [9.17, 15) is 0 Å². The first kappa shape index (κ1) is 6.69. The molecule has 0 saturated heterocycles. The van der Waals surface area contributed by atoms with E-state index in [4.69, 9.17) is 0 Å². The molecule has 10 heavy (non-hydrogen) atoms. The van der Waals surface area contributed by atoms with Gasteiger partial charge in [0.2, 0.25) is 0 Å². The van der Waals surface area contributed by atoms with Gasteiger partial charge < -0.3 is 0 Å². The van der Waals surface area contributed by atoms with Gasteiger partial charge in [-0.2, -0.15) is 0 Å². The molecule has 0 amide bonds. The van der Waals surface area contributed by atoms with Crippen molar-refractivity contribution in [2.24, 2.45) is 17.3 Å². The second kappa shape index (κ2) is 1.99. The molecule has 2 aliphatic carbocycles. The summed E-state index contributed by atoms with van der Waals surface area (Å²) in [7, 11) is 0. The summed E-state index contributed by atoms with van der Waals surface area (Å²) in [5.74, 6) is 2.18. The molecule has 0 heteroatoms. The van der Waals surface area contributed by atoms with E-state index in [0.717, 1.165) is 11.8 Å². The molecule has 0 spiro atoms. The van der Waals surface area contributed by atoms with Crippen LogP contribution in [-0.4, -0.2) is 0 Å². The minimum absolute atomic E-state index is 0.696. The van der Waals surface area contributed by atoms with Crippen molar-refractivity contribution in [1.82, 2.24) is 0 Å². The fraction of sp³-hybridized carbons (Fsp3) is 1.00. The van der Waals surface area contributed by atoms with Crippen LogP contribution in [0.5, 0.6) is 0 Å². The van der Waals surface area contributed by atoms with E-state index >= 15 is 0 Å². The Bertz CT molecular complexity index is 135. The zero-order valence-electron chi connectivity index (χ0n) is 7.19. The van der Waals surface area contributed by atoms with Gasteiger partial charge >= 0.3 is 0 Å². The Morgan fingerprint density at radius 3 is 2.60 bits per heavy atom. The van der Waals surface area contributed by atoms with Gasteiger partial charge in [0.1, 0.15) is 0 Å². The maximum atomic E-state index is 2.46. The van der Waals surface area contributed by atoms with Gasteiger partial charge in [-0.25, -0.2) is 0 Å². The maximum Gasteiger partial charge on any atom is -0.0323 e. The van der Waals surface area contributed by atoms with Crippen LogP contribution in [0.2, 0.25) is 0 Å². The molecular weight excluding hydrogens is 120 g/mol. The van der Waals surface area contributed by atoms with Crippen molar-refractivity contribution in [3.8, 4) is 0 Å². The minimum Gasteiger partial charge on any atom is -0.0596 e. The van der Waals surface area contributed by atoms with Crippen molar-refractivity contribution >= 4 is 0 Å². The van der Waals surface area contributed by atoms with Crippen molar-refractivity contribution in [3.05, 3.63) is 0 Å². The minimum atomic E-state index is 0.696. The molecule has 2 fully saturated rings. The Kier molecular flexibility index (Phi) is 1.33. The monoisotopic (exact) mass is 138 g/mol. The predicted molar refractivity (Wildman–Crippen MR) is 43.8 cm³/mol. The Morgan fingerprint density at radius 2 is 2.00 bits per heavy atom. The highest BCUT2D eigenvalue weighted by atomic mass is 14.5. The van der Waals surface area contributed by atoms with E-state index in [1.165, 1.54) is 25.7 Å². The van der Waals surface area contributed by atoms with Crippen LogP contribution in [0, 0.1) is 17.3 Å². The van der Waals surface area contributed by atoms with Crippen molar-refractivity contribution < 1.29 is 0 Å². The molecule has 2 rings (SSSR count). The van der Waals surface area contributed by atoms with Crippen molar-refractivity contribution in [2.45, 2.75) is 46.0 Å². The van der Waals surface area contributed by atoms with E-state index in [1.54, 1.807) is 6.42 Å². The predicted octanol–water partition coefficient (Wildman–Crippen LogP) is 3.22. The molecule has 2 bridgehead atoms. The smallest absolute Gasteiger partial charge is 0.0323 e. The molecular formula is C10H18. The standard InChI is InChI=1S/C10H18/c1-10(2)7-8-4-3-5-9(10)6-8/h8-9H,3-7H2,1-2H3. The van der Waals surface area contributed by atoms with Crippen LogP contribution in [0.4, 0.5) is 0 Å². The van der Waals surface area contributed by atoms with Gasteiger partial charge in [-0.05, 0) is 36.5 Å². The Hall–Kier alpha value is 0. The average Bonchev–Trinajstić information content (AvgIpc) is 2.04. The Morgan fingerprint density at radius 1 is 1.20 bits per heavy atom. The van der Waals surface area contributed by atoms with E-state index in [0.29, 0.717) is 5.41 Å². The Labute approximate surface area is 64.0 Å². The Balaban J connectivity index is 2.15. The summed E-state index contributed by atoms with van der Waals surface area (Å²) in [5.41, 5.74) is 0.696. The molecule has 0 N–H and O–H groups in total. The lowest BCUT2D eigenvalue weighted by atomic mass is 9.79. The summed E-state index contributed by atoms with van der Waals surface area (Å²) in [6, 6.07) is 0. The largest absolute Gasteiger partial charge is 0.0596 e. The van der Waals surface area contributed by atoms with Gasteiger partial charge in [0.15, 0.2) is 0 Å². The van der Waals surface area contributed by atoms with Gasteiger partial charge in [0.05, 0.1) is 0 Å². The van der Waals surface area contributed by atoms with Gasteiger partial charge in [0, 0.05) is 0 Å². The van der Waals surface area contributed by atoms with E-state index in [1.807, 2.05) is 0 Å². The number of rotatable bonds is 0. The van der Waals surface area contributed by atoms with Gasteiger partial charge in [-0.3, -0.25) is 0 Å². The van der Waals surface area contributed by atoms with Crippen LogP contribution in [-0.2, 0) is 0 Å². The highest BCUT2D eigenvalue weighted by Crippen LogP contribution is 2.52. The fourth-order valence-corrected chi connectivity index (χ4v) is 3.10. The first-order chi connectivity index (χ1) is 4.68. The van der Waals surface area contributed by atoms with Gasteiger partial charge in [0.25, 0.3) is 0 Å². The van der Waals surface area contributed by atoms with Crippen LogP contribution < -0.4 is 0 Å². The third-order valence-electron chi connectivity index (χ3n) is 3.70. The molecule has 0 heterocycles. The SMILES string of the molecule is CC1(C)CC2CCCC1C2. The molecule has 0 nitrogen and oxygen atoms in total. The summed E-state index contributed by atoms with van der Waals surface area (Å²) in [5, 5.41) is 0. The van der Waals surface area contributed by atoms with Gasteiger partial charge in [-0.15, -0.1) is 0 Å². The molecule has 0 aromatic carbocycles. The lowest BCUT2D eigenvalue weighted by molar-refractivity contribution is 0.242. The molecule has 2 atom stereocenters. The third-order valence-corrected chi connectivity index (χ3v) is 3.70. The van der Waals surface area contributed by atoms with E-state index in [2.05, 4.69) is 13.8 Å². The highest BCUT2D eigenvalue weighted by Gasteiger charge is 2.41. The van der Waals surface area contributed by atoms with E-state index in [-0.39, 0.29) is 0 Å². The molecule has 2 aliphatic rings. The van der Waals surface area contributed by atoms with Crippen molar-refractivity contribution in [2.75, 3.05) is 0 Å². The molecule has 0 aliphatic heterocycles. The van der Waals surface area contributed by atoms with E-state index < -0.39 is 0 Å². The van der Waals surface area contributed by atoms with Crippen molar-refractivity contribution in [1.29, 1.82) is 0 Å². The number of hydrogen-bond donors (Lipinski definition) is 0. The summed E-state index contributed by atoms with van der Waals surface area (Å²) in [6.45, 7) is 4.92. The molecule has 0 aromatic rings. The zero-order valence-corrected chi connectivity index (χ0v) is 7.19. The topological polar surface area (TPSA) is 0 Å². The maximum absolute atomic E-state index is 2.46. The van der Waals surface area contributed by atoms with Crippen LogP contribution in [0.3, 0.4) is 0 Å². The normalized spacial score (nSPS) is 43.8. The van der Waals surface area contributed by atoms with Crippen molar-refractivity contribution in [3.63, 3.8) is 0 Å². The summed E-state index contributed by atoms with van der Waals surface area (Å²) in [6.07, 6.45) is 7.62. The quantitative estimate of drug-likeness (QED) is 0.482. The molecule has 0 aromatic heterocycles. The van der Waals surface area contributed by atoms with Gasteiger partial charge in [-0.1, -0.05) is 26.7 Å². The van der Waals surface area contributed by atoms with Crippen LogP contribution in [0.15, 0.2) is 0 Å². The lowest BCUT2D eigenvalue weighted by Gasteiger charge is -2.26. The first-order valence-corrected chi connectivity index (χ1v) is 4.68. The first-order valence-electron chi connectivity index (χ1n) is 4.68. The zero-order chi connectivity index (χ0) is 7.19. The summed E-state index contributed by atoms with van der Waals surface area (Å²) in [4.78, 5) is 0. The highest BCUT2D eigenvalue weighted by molar-refractivity contribution is 4.92. The van der Waals surface area contributed by atoms with Crippen LogP contribution in [0.1, 0.15) is 46.0 Å².